The van der Waals surface area contributed by atoms with E-state index in [1.54, 1.807) is 0 Å². The molecule has 0 amide bonds. The molecule has 0 saturated carbocycles. The molecule has 1 heteroatoms. The van der Waals surface area contributed by atoms with Crippen LogP contribution in [0.1, 0.15) is 47.2 Å². The molecule has 0 radical (unpaired) electrons. The van der Waals surface area contributed by atoms with Gasteiger partial charge in [0.05, 0.1) is 5.41 Å². The minimum atomic E-state index is -0.373. The minimum Gasteiger partial charge on any atom is -0.457 e. The van der Waals surface area contributed by atoms with E-state index in [0.29, 0.717) is 0 Å². The molecule has 0 N–H and O–H groups in total. The predicted octanol–water partition coefficient (Wildman–Crippen LogP) is 10.1. The molecule has 41 heavy (non-hydrogen) atoms. The Labute approximate surface area is 241 Å². The van der Waals surface area contributed by atoms with E-state index in [-0.39, 0.29) is 10.8 Å². The number of fused-ring (bicyclic) bond motifs is 5. The fourth-order valence-electron chi connectivity index (χ4n) is 7.25. The molecule has 6 aromatic rings. The Kier molecular flexibility index (Phi) is 5.15. The molecular weight excluding hydrogens is 496 g/mol. The van der Waals surface area contributed by atoms with Gasteiger partial charge in [0.1, 0.15) is 11.5 Å². The lowest BCUT2D eigenvalue weighted by Gasteiger charge is -2.35. The zero-order valence-electron chi connectivity index (χ0n) is 23.3. The van der Waals surface area contributed by atoms with Gasteiger partial charge in [-0.05, 0) is 68.8 Å². The average Bonchev–Trinajstić information content (AvgIpc) is 3.32. The van der Waals surface area contributed by atoms with Crippen molar-refractivity contribution in [1.29, 1.82) is 0 Å². The van der Waals surface area contributed by atoms with Crippen molar-refractivity contribution in [1.82, 2.24) is 0 Å². The highest BCUT2D eigenvalue weighted by atomic mass is 16.5. The smallest absolute Gasteiger partial charge is 0.131 e. The summed E-state index contributed by atoms with van der Waals surface area (Å²) in [6.45, 7) is 4.59. The van der Waals surface area contributed by atoms with Crippen LogP contribution in [-0.4, -0.2) is 0 Å². The SMILES string of the molecule is CC1(C)c2ccccc2Oc2ccc(-c3ccc4c(c3)-c3ccccc3C4(c3ccccc3)c3ccccc3)cc21. The van der Waals surface area contributed by atoms with Crippen molar-refractivity contribution in [2.24, 2.45) is 0 Å². The monoisotopic (exact) mass is 526 g/mol. The molecule has 0 fully saturated rings. The molecular formula is C40H30O. The third kappa shape index (κ3) is 3.36. The van der Waals surface area contributed by atoms with Crippen molar-refractivity contribution in [2.75, 3.05) is 0 Å². The summed E-state index contributed by atoms with van der Waals surface area (Å²) in [6.07, 6.45) is 0. The Bertz CT molecular complexity index is 1890. The molecule has 1 aliphatic heterocycles. The Morgan fingerprint density at radius 3 is 1.68 bits per heavy atom. The Hall–Kier alpha value is -4.88. The van der Waals surface area contributed by atoms with Gasteiger partial charge >= 0.3 is 0 Å². The molecule has 1 aliphatic carbocycles. The first-order valence-electron chi connectivity index (χ1n) is 14.4. The number of ether oxygens (including phenoxy) is 1. The Morgan fingerprint density at radius 1 is 0.415 bits per heavy atom. The fraction of sp³-hybridized carbons (Fsp3) is 0.100. The predicted molar refractivity (Wildman–Crippen MR) is 168 cm³/mol. The first-order chi connectivity index (χ1) is 20.1. The molecule has 2 aliphatic rings. The zero-order valence-corrected chi connectivity index (χ0v) is 23.3. The van der Waals surface area contributed by atoms with Crippen LogP contribution in [0.2, 0.25) is 0 Å². The summed E-state index contributed by atoms with van der Waals surface area (Å²) in [5, 5.41) is 0. The molecule has 0 atom stereocenters. The van der Waals surface area contributed by atoms with Gasteiger partial charge < -0.3 is 4.74 Å². The first-order valence-corrected chi connectivity index (χ1v) is 14.4. The third-order valence-electron chi connectivity index (χ3n) is 9.22. The normalized spacial score (nSPS) is 15.2. The van der Waals surface area contributed by atoms with Crippen molar-refractivity contribution in [2.45, 2.75) is 24.7 Å². The number of hydrogen-bond donors (Lipinski definition) is 0. The van der Waals surface area contributed by atoms with Crippen LogP contribution in [0.3, 0.4) is 0 Å². The van der Waals surface area contributed by atoms with Crippen LogP contribution >= 0.6 is 0 Å². The largest absolute Gasteiger partial charge is 0.457 e. The Morgan fingerprint density at radius 2 is 0.951 bits per heavy atom. The van der Waals surface area contributed by atoms with Crippen LogP contribution in [0.25, 0.3) is 22.3 Å². The first kappa shape index (κ1) is 24.0. The van der Waals surface area contributed by atoms with E-state index in [9.17, 15) is 0 Å². The second-order valence-corrected chi connectivity index (χ2v) is 11.7. The number of rotatable bonds is 3. The molecule has 8 rings (SSSR count). The quantitative estimate of drug-likeness (QED) is 0.223. The summed E-state index contributed by atoms with van der Waals surface area (Å²) in [5.74, 6) is 1.89. The molecule has 0 bridgehead atoms. The van der Waals surface area contributed by atoms with Gasteiger partial charge in [-0.25, -0.2) is 0 Å². The van der Waals surface area contributed by atoms with Crippen molar-refractivity contribution < 1.29 is 4.74 Å². The van der Waals surface area contributed by atoms with E-state index < -0.39 is 0 Å². The number of benzene rings is 6. The molecule has 0 aromatic heterocycles. The van der Waals surface area contributed by atoms with Crippen LogP contribution in [0.15, 0.2) is 146 Å². The lowest BCUT2D eigenvalue weighted by atomic mass is 9.67. The maximum atomic E-state index is 6.35. The molecule has 1 heterocycles. The molecule has 196 valence electrons. The molecule has 6 aromatic carbocycles. The fourth-order valence-corrected chi connectivity index (χ4v) is 7.25. The van der Waals surface area contributed by atoms with E-state index in [2.05, 4.69) is 153 Å². The lowest BCUT2D eigenvalue weighted by Crippen LogP contribution is -2.28. The molecule has 0 unspecified atom stereocenters. The summed E-state index contributed by atoms with van der Waals surface area (Å²) in [5.41, 5.74) is 12.2. The number of para-hydroxylation sites is 1. The van der Waals surface area contributed by atoms with Gasteiger partial charge in [-0.15, -0.1) is 0 Å². The highest BCUT2D eigenvalue weighted by Gasteiger charge is 2.46. The van der Waals surface area contributed by atoms with E-state index in [0.717, 1.165) is 11.5 Å². The standard InChI is InChI=1S/C40H30O/c1-39(2)35-19-11-12-20-37(35)41-38-24-22-28(26-36(38)39)27-21-23-34-32(25-27)31-17-9-10-18-33(31)40(34,29-13-5-3-6-14-29)30-15-7-4-8-16-30/h3-26H,1-2H3. The van der Waals surface area contributed by atoms with Crippen LogP contribution in [0.4, 0.5) is 0 Å². The lowest BCUT2D eigenvalue weighted by molar-refractivity contribution is 0.418. The summed E-state index contributed by atoms with van der Waals surface area (Å²) in [4.78, 5) is 0. The Balaban J connectivity index is 1.34. The molecule has 0 saturated heterocycles. The van der Waals surface area contributed by atoms with Crippen LogP contribution in [0.5, 0.6) is 11.5 Å². The van der Waals surface area contributed by atoms with Gasteiger partial charge in [0.2, 0.25) is 0 Å². The van der Waals surface area contributed by atoms with Gasteiger partial charge in [-0.1, -0.05) is 135 Å². The summed E-state index contributed by atoms with van der Waals surface area (Å²) < 4.78 is 6.35. The van der Waals surface area contributed by atoms with Crippen molar-refractivity contribution in [3.8, 4) is 33.8 Å². The van der Waals surface area contributed by atoms with E-state index in [1.165, 1.54) is 55.6 Å². The van der Waals surface area contributed by atoms with Crippen LogP contribution in [0, 0.1) is 0 Å². The second kappa shape index (κ2) is 8.81. The highest BCUT2D eigenvalue weighted by molar-refractivity contribution is 5.89. The maximum absolute atomic E-state index is 6.35. The summed E-state index contributed by atoms with van der Waals surface area (Å²) in [7, 11) is 0. The van der Waals surface area contributed by atoms with Gasteiger partial charge in [0, 0.05) is 16.5 Å². The van der Waals surface area contributed by atoms with Gasteiger partial charge in [-0.2, -0.15) is 0 Å². The number of hydrogen-bond acceptors (Lipinski definition) is 1. The van der Waals surface area contributed by atoms with Crippen LogP contribution < -0.4 is 4.74 Å². The summed E-state index contributed by atoms with van der Waals surface area (Å²) in [6, 6.07) is 53.0. The van der Waals surface area contributed by atoms with Gasteiger partial charge in [-0.3, -0.25) is 0 Å². The van der Waals surface area contributed by atoms with Gasteiger partial charge in [0.25, 0.3) is 0 Å². The zero-order chi connectivity index (χ0) is 27.6. The topological polar surface area (TPSA) is 9.23 Å². The summed E-state index contributed by atoms with van der Waals surface area (Å²) >= 11 is 0. The van der Waals surface area contributed by atoms with Crippen molar-refractivity contribution in [3.05, 3.63) is 179 Å². The van der Waals surface area contributed by atoms with Gasteiger partial charge in [0.15, 0.2) is 0 Å². The van der Waals surface area contributed by atoms with E-state index in [1.807, 2.05) is 6.07 Å². The molecule has 0 spiro atoms. The van der Waals surface area contributed by atoms with Crippen molar-refractivity contribution >= 4 is 0 Å². The van der Waals surface area contributed by atoms with E-state index >= 15 is 0 Å². The minimum absolute atomic E-state index is 0.153. The van der Waals surface area contributed by atoms with E-state index in [4.69, 9.17) is 4.74 Å². The van der Waals surface area contributed by atoms with Crippen molar-refractivity contribution in [3.63, 3.8) is 0 Å². The highest BCUT2D eigenvalue weighted by Crippen LogP contribution is 2.57. The van der Waals surface area contributed by atoms with Crippen LogP contribution in [-0.2, 0) is 10.8 Å². The average molecular weight is 527 g/mol. The third-order valence-corrected chi connectivity index (χ3v) is 9.22. The molecule has 1 nitrogen and oxygen atoms in total. The maximum Gasteiger partial charge on any atom is 0.131 e. The second-order valence-electron chi connectivity index (χ2n) is 11.7.